The standard InChI is InChI=1S/C17H22N6O/c1-22(10-16-20-21-17(24-16)12-4-5-12)13-8-23(9-13)15-7-6-14(18-19-15)11-2-3-11/h6-7,11-13H,2-5,8-10H2,1H3. The van der Waals surface area contributed by atoms with Crippen molar-refractivity contribution in [2.45, 2.75) is 50.1 Å². The number of likely N-dealkylation sites (N-methyl/N-ethyl adjacent to an activating group) is 1. The van der Waals surface area contributed by atoms with Gasteiger partial charge in [-0.15, -0.1) is 15.3 Å². The van der Waals surface area contributed by atoms with Crippen LogP contribution in [-0.2, 0) is 6.54 Å². The van der Waals surface area contributed by atoms with Crippen molar-refractivity contribution in [1.82, 2.24) is 25.3 Å². The molecule has 0 N–H and O–H groups in total. The van der Waals surface area contributed by atoms with Crippen molar-refractivity contribution in [3.8, 4) is 0 Å². The van der Waals surface area contributed by atoms with E-state index in [2.05, 4.69) is 49.4 Å². The molecular formula is C17H22N6O. The Bertz CT molecular complexity index is 715. The summed E-state index contributed by atoms with van der Waals surface area (Å²) in [4.78, 5) is 4.56. The average Bonchev–Trinajstić information content (AvgIpc) is 3.46. The molecule has 0 radical (unpaired) electrons. The van der Waals surface area contributed by atoms with E-state index >= 15 is 0 Å². The molecule has 7 nitrogen and oxygen atoms in total. The lowest BCUT2D eigenvalue weighted by Gasteiger charge is -2.44. The molecule has 2 aromatic rings. The summed E-state index contributed by atoms with van der Waals surface area (Å²) < 4.78 is 5.75. The van der Waals surface area contributed by atoms with Gasteiger partial charge in [-0.05, 0) is 44.9 Å². The molecular weight excluding hydrogens is 304 g/mol. The Morgan fingerprint density at radius 1 is 1.04 bits per heavy atom. The van der Waals surface area contributed by atoms with Gasteiger partial charge in [0.2, 0.25) is 11.8 Å². The van der Waals surface area contributed by atoms with E-state index in [1.165, 1.54) is 25.7 Å². The Labute approximate surface area is 141 Å². The van der Waals surface area contributed by atoms with E-state index in [0.717, 1.165) is 36.4 Å². The molecule has 3 heterocycles. The number of rotatable bonds is 6. The Balaban J connectivity index is 1.14. The lowest BCUT2D eigenvalue weighted by Crippen LogP contribution is -2.58. The average molecular weight is 326 g/mol. The molecule has 0 bridgehead atoms. The zero-order valence-corrected chi connectivity index (χ0v) is 13.9. The SMILES string of the molecule is CN(Cc1nnc(C2CC2)o1)C1CN(c2ccc(C3CC3)nn2)C1. The van der Waals surface area contributed by atoms with Crippen molar-refractivity contribution >= 4 is 5.82 Å². The Hall–Kier alpha value is -2.02. The van der Waals surface area contributed by atoms with Gasteiger partial charge in [-0.3, -0.25) is 4.90 Å². The number of nitrogens with zero attached hydrogens (tertiary/aromatic N) is 6. The molecule has 3 fully saturated rings. The first kappa shape index (κ1) is 14.3. The molecule has 2 aromatic heterocycles. The second kappa shape index (κ2) is 5.51. The van der Waals surface area contributed by atoms with Gasteiger partial charge in [0.15, 0.2) is 5.82 Å². The first-order valence-corrected chi connectivity index (χ1v) is 8.87. The van der Waals surface area contributed by atoms with E-state index in [1.54, 1.807) is 0 Å². The molecule has 0 amide bonds. The largest absolute Gasteiger partial charge is 0.424 e. The van der Waals surface area contributed by atoms with Gasteiger partial charge in [-0.25, -0.2) is 0 Å². The van der Waals surface area contributed by atoms with Crippen LogP contribution in [0.5, 0.6) is 0 Å². The molecule has 0 atom stereocenters. The molecule has 1 aliphatic heterocycles. The number of anilines is 1. The van der Waals surface area contributed by atoms with Gasteiger partial charge in [-0.2, -0.15) is 5.10 Å². The highest BCUT2D eigenvalue weighted by atomic mass is 16.4. The molecule has 2 aliphatic carbocycles. The zero-order valence-electron chi connectivity index (χ0n) is 13.9. The lowest BCUT2D eigenvalue weighted by molar-refractivity contribution is 0.179. The third-order valence-corrected chi connectivity index (χ3v) is 5.27. The number of hydrogen-bond donors (Lipinski definition) is 0. The second-order valence-corrected chi connectivity index (χ2v) is 7.37. The van der Waals surface area contributed by atoms with Gasteiger partial charge in [0.1, 0.15) is 0 Å². The summed E-state index contributed by atoms with van der Waals surface area (Å²) in [6.07, 6.45) is 4.91. The highest BCUT2D eigenvalue weighted by molar-refractivity contribution is 5.42. The Morgan fingerprint density at radius 2 is 1.83 bits per heavy atom. The molecule has 24 heavy (non-hydrogen) atoms. The fourth-order valence-electron chi connectivity index (χ4n) is 3.19. The molecule has 0 aromatic carbocycles. The van der Waals surface area contributed by atoms with Gasteiger partial charge in [0, 0.05) is 31.0 Å². The van der Waals surface area contributed by atoms with Crippen LogP contribution in [-0.4, -0.2) is 51.5 Å². The van der Waals surface area contributed by atoms with E-state index in [-0.39, 0.29) is 0 Å². The lowest BCUT2D eigenvalue weighted by atomic mass is 10.1. The van der Waals surface area contributed by atoms with Crippen molar-refractivity contribution in [2.75, 3.05) is 25.0 Å². The van der Waals surface area contributed by atoms with Crippen LogP contribution in [0.3, 0.4) is 0 Å². The van der Waals surface area contributed by atoms with Crippen LogP contribution in [0.15, 0.2) is 16.5 Å². The summed E-state index contributed by atoms with van der Waals surface area (Å²) in [5, 5.41) is 17.1. The van der Waals surface area contributed by atoms with Gasteiger partial charge < -0.3 is 9.32 Å². The summed E-state index contributed by atoms with van der Waals surface area (Å²) in [5.41, 5.74) is 1.15. The van der Waals surface area contributed by atoms with Crippen LogP contribution in [0.1, 0.15) is 55.0 Å². The van der Waals surface area contributed by atoms with Crippen molar-refractivity contribution in [2.24, 2.45) is 0 Å². The summed E-state index contributed by atoms with van der Waals surface area (Å²) in [7, 11) is 2.12. The minimum atomic E-state index is 0.492. The molecule has 0 spiro atoms. The van der Waals surface area contributed by atoms with Crippen LogP contribution in [0, 0.1) is 0 Å². The van der Waals surface area contributed by atoms with Crippen LogP contribution in [0.2, 0.25) is 0 Å². The Kier molecular flexibility index (Phi) is 3.29. The highest BCUT2D eigenvalue weighted by Crippen LogP contribution is 2.39. The summed E-state index contributed by atoms with van der Waals surface area (Å²) in [5.74, 6) is 3.72. The van der Waals surface area contributed by atoms with Crippen LogP contribution in [0.4, 0.5) is 5.82 Å². The minimum absolute atomic E-state index is 0.492. The molecule has 2 saturated carbocycles. The quantitative estimate of drug-likeness (QED) is 0.803. The molecule has 1 saturated heterocycles. The van der Waals surface area contributed by atoms with Crippen LogP contribution < -0.4 is 4.90 Å². The predicted molar refractivity (Wildman–Crippen MR) is 87.7 cm³/mol. The van der Waals surface area contributed by atoms with Gasteiger partial charge >= 0.3 is 0 Å². The second-order valence-electron chi connectivity index (χ2n) is 7.37. The third kappa shape index (κ3) is 2.77. The molecule has 5 rings (SSSR count). The van der Waals surface area contributed by atoms with Gasteiger partial charge in [-0.1, -0.05) is 0 Å². The predicted octanol–water partition coefficient (Wildman–Crippen LogP) is 1.93. The van der Waals surface area contributed by atoms with Crippen molar-refractivity contribution in [3.63, 3.8) is 0 Å². The zero-order chi connectivity index (χ0) is 16.1. The summed E-state index contributed by atoms with van der Waals surface area (Å²) in [6.45, 7) is 2.65. The van der Waals surface area contributed by atoms with E-state index < -0.39 is 0 Å². The van der Waals surface area contributed by atoms with E-state index in [1.807, 2.05) is 0 Å². The van der Waals surface area contributed by atoms with E-state index in [9.17, 15) is 0 Å². The summed E-state index contributed by atoms with van der Waals surface area (Å²) in [6, 6.07) is 4.73. The van der Waals surface area contributed by atoms with Gasteiger partial charge in [0.25, 0.3) is 0 Å². The molecule has 126 valence electrons. The van der Waals surface area contributed by atoms with Crippen molar-refractivity contribution in [3.05, 3.63) is 29.6 Å². The molecule has 7 heteroatoms. The third-order valence-electron chi connectivity index (χ3n) is 5.27. The van der Waals surface area contributed by atoms with Crippen molar-refractivity contribution < 1.29 is 4.42 Å². The van der Waals surface area contributed by atoms with E-state index in [4.69, 9.17) is 4.42 Å². The van der Waals surface area contributed by atoms with Crippen molar-refractivity contribution in [1.29, 1.82) is 0 Å². The fraction of sp³-hybridized carbons (Fsp3) is 0.647. The maximum Gasteiger partial charge on any atom is 0.230 e. The maximum absolute atomic E-state index is 5.75. The minimum Gasteiger partial charge on any atom is -0.424 e. The normalized spacial score (nSPS) is 21.3. The monoisotopic (exact) mass is 326 g/mol. The Morgan fingerprint density at radius 3 is 2.50 bits per heavy atom. The first-order valence-electron chi connectivity index (χ1n) is 8.87. The smallest absolute Gasteiger partial charge is 0.230 e. The van der Waals surface area contributed by atoms with Gasteiger partial charge in [0.05, 0.1) is 12.2 Å². The number of hydrogen-bond acceptors (Lipinski definition) is 7. The van der Waals surface area contributed by atoms with Crippen LogP contribution in [0.25, 0.3) is 0 Å². The summed E-state index contributed by atoms with van der Waals surface area (Å²) >= 11 is 0. The number of aromatic nitrogens is 4. The molecule has 0 unspecified atom stereocenters. The maximum atomic E-state index is 5.75. The molecule has 3 aliphatic rings. The first-order chi connectivity index (χ1) is 11.8. The van der Waals surface area contributed by atoms with Crippen LogP contribution >= 0.6 is 0 Å². The van der Waals surface area contributed by atoms with E-state index in [0.29, 0.717) is 24.4 Å². The fourth-order valence-corrected chi connectivity index (χ4v) is 3.19. The topological polar surface area (TPSA) is 71.2 Å². The highest BCUT2D eigenvalue weighted by Gasteiger charge is 2.33.